The zero-order valence-corrected chi connectivity index (χ0v) is 16.4. The summed E-state index contributed by atoms with van der Waals surface area (Å²) in [6, 6.07) is 12.5. The number of carbonyl (C=O) groups is 1. The molecule has 0 saturated carbocycles. The van der Waals surface area contributed by atoms with E-state index in [2.05, 4.69) is 5.32 Å². The fourth-order valence-electron chi connectivity index (χ4n) is 2.53. The molecule has 0 fully saturated rings. The molecule has 1 amide bonds. The monoisotopic (exact) mass is 395 g/mol. The van der Waals surface area contributed by atoms with E-state index in [1.54, 1.807) is 12.1 Å². The highest BCUT2D eigenvalue weighted by Crippen LogP contribution is 2.37. The van der Waals surface area contributed by atoms with Gasteiger partial charge in [0.1, 0.15) is 17.7 Å². The van der Waals surface area contributed by atoms with Gasteiger partial charge in [-0.1, -0.05) is 29.3 Å². The molecule has 0 unspecified atom stereocenters. The van der Waals surface area contributed by atoms with E-state index in [0.29, 0.717) is 17.0 Å². The molecule has 0 aliphatic carbocycles. The fourth-order valence-corrected chi connectivity index (χ4v) is 2.80. The molecule has 0 spiro atoms. The Balaban J connectivity index is 2.33. The zero-order valence-electron chi connectivity index (χ0n) is 15.7. The average Bonchev–Trinajstić information content (AvgIpc) is 2.66. The van der Waals surface area contributed by atoms with Crippen LogP contribution in [0, 0.1) is 36.5 Å². The summed E-state index contributed by atoms with van der Waals surface area (Å²) in [6.07, 6.45) is 1.40. The number of hydrogen-bond acceptors (Lipinski definition) is 5. The van der Waals surface area contributed by atoms with Gasteiger partial charge in [0, 0.05) is 5.69 Å². The van der Waals surface area contributed by atoms with Crippen molar-refractivity contribution in [3.05, 3.63) is 57.6 Å². The highest BCUT2D eigenvalue weighted by molar-refractivity contribution is 6.32. The first-order valence-corrected chi connectivity index (χ1v) is 8.65. The average molecular weight is 396 g/mol. The molecule has 0 aliphatic rings. The molecule has 0 bridgehead atoms. The number of aryl methyl sites for hydroxylation is 2. The Morgan fingerprint density at radius 1 is 1.25 bits per heavy atom. The normalized spacial score (nSPS) is 10.6. The molecule has 2 aromatic rings. The number of benzene rings is 2. The summed E-state index contributed by atoms with van der Waals surface area (Å²) < 4.78 is 10.5. The Bertz CT molecular complexity index is 1020. The highest BCUT2D eigenvalue weighted by atomic mass is 35.5. The van der Waals surface area contributed by atoms with Crippen molar-refractivity contribution < 1.29 is 14.3 Å². The van der Waals surface area contributed by atoms with Crippen molar-refractivity contribution in [3.63, 3.8) is 0 Å². The van der Waals surface area contributed by atoms with Crippen LogP contribution in [0.25, 0.3) is 6.08 Å². The Morgan fingerprint density at radius 2 is 2.00 bits per heavy atom. The van der Waals surface area contributed by atoms with E-state index in [4.69, 9.17) is 26.3 Å². The number of carbonyl (C=O) groups excluding carboxylic acids is 1. The summed E-state index contributed by atoms with van der Waals surface area (Å²) in [5.74, 6) is -0.0171. The Kier molecular flexibility index (Phi) is 7.03. The number of nitrogens with zero attached hydrogens (tertiary/aromatic N) is 2. The lowest BCUT2D eigenvalue weighted by Crippen LogP contribution is -2.14. The van der Waals surface area contributed by atoms with Crippen LogP contribution in [0.4, 0.5) is 5.69 Å². The molecule has 7 heteroatoms. The molecule has 2 rings (SSSR count). The molecule has 0 saturated heterocycles. The molecule has 28 heavy (non-hydrogen) atoms. The minimum atomic E-state index is -0.533. The van der Waals surface area contributed by atoms with E-state index in [9.17, 15) is 10.1 Å². The van der Waals surface area contributed by atoms with Crippen molar-refractivity contribution in [2.24, 2.45) is 0 Å². The molecule has 142 valence electrons. The van der Waals surface area contributed by atoms with Gasteiger partial charge in [0.15, 0.2) is 18.1 Å². The number of ether oxygens (including phenoxy) is 2. The summed E-state index contributed by atoms with van der Waals surface area (Å²) >= 11 is 6.19. The Labute approximate surface area is 168 Å². The van der Waals surface area contributed by atoms with Crippen LogP contribution in [0.5, 0.6) is 11.5 Å². The lowest BCUT2D eigenvalue weighted by molar-refractivity contribution is -0.112. The number of methoxy groups -OCH3 is 1. The van der Waals surface area contributed by atoms with Crippen LogP contribution in [0.2, 0.25) is 5.02 Å². The first-order valence-electron chi connectivity index (χ1n) is 8.27. The molecule has 0 atom stereocenters. The van der Waals surface area contributed by atoms with Crippen LogP contribution < -0.4 is 14.8 Å². The van der Waals surface area contributed by atoms with Crippen LogP contribution in [-0.4, -0.2) is 19.6 Å². The number of nitriles is 2. The van der Waals surface area contributed by atoms with Gasteiger partial charge in [-0.25, -0.2) is 0 Å². The van der Waals surface area contributed by atoms with Gasteiger partial charge in [-0.2, -0.15) is 10.5 Å². The van der Waals surface area contributed by atoms with Crippen LogP contribution in [-0.2, 0) is 4.79 Å². The second-order valence-electron chi connectivity index (χ2n) is 5.92. The third-order valence-corrected chi connectivity index (χ3v) is 4.12. The summed E-state index contributed by atoms with van der Waals surface area (Å²) in [7, 11) is 1.43. The zero-order chi connectivity index (χ0) is 20.7. The van der Waals surface area contributed by atoms with Crippen LogP contribution in [0.1, 0.15) is 16.7 Å². The van der Waals surface area contributed by atoms with Crippen LogP contribution in [0.15, 0.2) is 35.9 Å². The van der Waals surface area contributed by atoms with E-state index in [-0.39, 0.29) is 23.0 Å². The summed E-state index contributed by atoms with van der Waals surface area (Å²) in [6.45, 7) is 3.65. The van der Waals surface area contributed by atoms with Gasteiger partial charge in [-0.15, -0.1) is 0 Å². The smallest absolute Gasteiger partial charge is 0.266 e. The van der Waals surface area contributed by atoms with Gasteiger partial charge in [0.2, 0.25) is 0 Å². The second-order valence-corrected chi connectivity index (χ2v) is 6.33. The number of amides is 1. The van der Waals surface area contributed by atoms with Crippen LogP contribution in [0.3, 0.4) is 0 Å². The SMILES string of the molecule is COc1cc(/C=C(\C#N)C(=O)Nc2ccc(C)cc2C)cc(Cl)c1OCC#N. The standard InChI is InChI=1S/C21H18ClN3O3/c1-13-4-5-18(14(2)8-13)25-21(26)16(12-24)9-15-10-17(22)20(28-7-6-23)19(11-15)27-3/h4-5,8-11H,7H2,1-3H3,(H,25,26)/b16-9+. The number of rotatable bonds is 6. The molecule has 0 radical (unpaired) electrons. The molecular weight excluding hydrogens is 378 g/mol. The van der Waals surface area contributed by atoms with Crippen molar-refractivity contribution in [2.75, 3.05) is 19.0 Å². The number of anilines is 1. The van der Waals surface area contributed by atoms with Gasteiger partial charge in [0.25, 0.3) is 5.91 Å². The van der Waals surface area contributed by atoms with Gasteiger partial charge in [-0.05, 0) is 49.2 Å². The maximum atomic E-state index is 12.5. The van der Waals surface area contributed by atoms with Gasteiger partial charge < -0.3 is 14.8 Å². The van der Waals surface area contributed by atoms with E-state index in [0.717, 1.165) is 11.1 Å². The maximum absolute atomic E-state index is 12.5. The first kappa shape index (κ1) is 20.8. The van der Waals surface area contributed by atoms with E-state index >= 15 is 0 Å². The second kappa shape index (κ2) is 9.45. The fraction of sp³-hybridized carbons (Fsp3) is 0.190. The predicted molar refractivity (Wildman–Crippen MR) is 107 cm³/mol. The Hall–Kier alpha value is -3.48. The highest BCUT2D eigenvalue weighted by Gasteiger charge is 2.15. The van der Waals surface area contributed by atoms with E-state index < -0.39 is 5.91 Å². The van der Waals surface area contributed by atoms with Crippen molar-refractivity contribution in [2.45, 2.75) is 13.8 Å². The van der Waals surface area contributed by atoms with Crippen molar-refractivity contribution in [1.29, 1.82) is 10.5 Å². The van der Waals surface area contributed by atoms with E-state index in [1.165, 1.54) is 19.3 Å². The molecule has 0 aromatic heterocycles. The minimum Gasteiger partial charge on any atom is -0.493 e. The topological polar surface area (TPSA) is 95.1 Å². The van der Waals surface area contributed by atoms with Crippen molar-refractivity contribution >= 4 is 29.3 Å². The largest absolute Gasteiger partial charge is 0.493 e. The molecule has 6 nitrogen and oxygen atoms in total. The summed E-state index contributed by atoms with van der Waals surface area (Å²) in [5, 5.41) is 21.0. The van der Waals surface area contributed by atoms with Crippen LogP contribution >= 0.6 is 11.6 Å². The van der Waals surface area contributed by atoms with E-state index in [1.807, 2.05) is 38.1 Å². The quantitative estimate of drug-likeness (QED) is 0.577. The number of nitrogens with one attached hydrogen (secondary N) is 1. The maximum Gasteiger partial charge on any atom is 0.266 e. The van der Waals surface area contributed by atoms with Gasteiger partial charge >= 0.3 is 0 Å². The molecule has 0 heterocycles. The third kappa shape index (κ3) is 5.03. The first-order chi connectivity index (χ1) is 13.4. The van der Waals surface area contributed by atoms with Crippen molar-refractivity contribution in [1.82, 2.24) is 0 Å². The van der Waals surface area contributed by atoms with Crippen molar-refractivity contribution in [3.8, 4) is 23.6 Å². The minimum absolute atomic E-state index is 0.0937. The number of hydrogen-bond donors (Lipinski definition) is 1. The summed E-state index contributed by atoms with van der Waals surface area (Å²) in [4.78, 5) is 12.5. The molecular formula is C21H18ClN3O3. The lowest BCUT2D eigenvalue weighted by atomic mass is 10.1. The lowest BCUT2D eigenvalue weighted by Gasteiger charge is -2.12. The van der Waals surface area contributed by atoms with Gasteiger partial charge in [-0.3, -0.25) is 4.79 Å². The van der Waals surface area contributed by atoms with Gasteiger partial charge in [0.05, 0.1) is 12.1 Å². The third-order valence-electron chi connectivity index (χ3n) is 3.84. The Morgan fingerprint density at radius 3 is 2.61 bits per heavy atom. The predicted octanol–water partition coefficient (Wildman–Crippen LogP) is 4.41. The molecule has 2 aromatic carbocycles. The molecule has 1 N–H and O–H groups in total. The number of halogens is 1. The molecule has 0 aliphatic heterocycles. The summed E-state index contributed by atoms with van der Waals surface area (Å²) in [5.41, 5.74) is 3.00.